The molecule has 0 aliphatic carbocycles. The number of rotatable bonds is 41. The molecule has 0 amide bonds. The van der Waals surface area contributed by atoms with E-state index in [0.717, 1.165) is 622 Å². The quantitative estimate of drug-likeness (QED) is 0.0564. The van der Waals surface area contributed by atoms with Crippen LogP contribution in [0.1, 0.15) is 308 Å². The first-order valence-electron chi connectivity index (χ1n) is 60.8. The summed E-state index contributed by atoms with van der Waals surface area (Å²) in [6, 6.07) is 0. The van der Waals surface area contributed by atoms with Gasteiger partial charge in [0.15, 0.2) is 0 Å². The van der Waals surface area contributed by atoms with Crippen LogP contribution in [0.5, 0.6) is 0 Å². The van der Waals surface area contributed by atoms with Gasteiger partial charge in [0.1, 0.15) is 0 Å². The van der Waals surface area contributed by atoms with Gasteiger partial charge in [-0.25, -0.2) is 0 Å². The number of carbonyl (C=O) groups is 1. The van der Waals surface area contributed by atoms with Gasteiger partial charge in [0.2, 0.25) is 0 Å². The molecule has 0 bridgehead atoms. The van der Waals surface area contributed by atoms with Gasteiger partial charge in [-0.15, -0.1) is 0 Å². The second-order valence-corrected chi connectivity index (χ2v) is 60.2. The van der Waals surface area contributed by atoms with Gasteiger partial charge in [-0.3, -0.25) is 0 Å². The molecule has 0 aromatic rings. The zero-order valence-electron chi connectivity index (χ0n) is 89.8. The molecule has 43 nitrogen and oxygen atoms in total. The van der Waals surface area contributed by atoms with E-state index >= 15 is 9.90 Å². The van der Waals surface area contributed by atoms with Gasteiger partial charge in [0.25, 0.3) is 0 Å². The van der Waals surface area contributed by atoms with Crippen LogP contribution in [-0.4, -0.2) is 504 Å². The first kappa shape index (κ1) is 106. The Labute approximate surface area is 872 Å². The van der Waals surface area contributed by atoms with Crippen LogP contribution in [0.2, 0.25) is 0 Å². The first-order chi connectivity index (χ1) is 71.6. The van der Waals surface area contributed by atoms with Crippen molar-refractivity contribution in [3.8, 4) is 0 Å². The van der Waals surface area contributed by atoms with Crippen molar-refractivity contribution in [1.82, 2.24) is 179 Å². The third-order valence-electron chi connectivity index (χ3n) is 36.3. The van der Waals surface area contributed by atoms with Crippen LogP contribution >= 0.6 is 37.5 Å². The van der Waals surface area contributed by atoms with Gasteiger partial charge in [0, 0.05) is 0 Å². The summed E-state index contributed by atoms with van der Waals surface area (Å²) in [7, 11) is -26.2. The molecule has 24 rings (SSSR count). The molecule has 24 heterocycles. The predicted octanol–water partition coefficient (Wildman–Crippen LogP) is 14.5. The molecule has 48 heteroatoms. The maximum absolute atomic E-state index is 19.6. The molecule has 0 aromatic heterocycles. The van der Waals surface area contributed by atoms with Crippen LogP contribution in [-0.2, 0) is 4.52 Å². The van der Waals surface area contributed by atoms with Crippen molar-refractivity contribution in [3.05, 3.63) is 0 Å². The molecular weight excluding hydrogens is 1930 g/mol. The average Bonchev–Trinajstić information content (AvgIpc) is 1.61. The van der Waals surface area contributed by atoms with Gasteiger partial charge in [-0.2, -0.15) is 0 Å². The van der Waals surface area contributed by atoms with Gasteiger partial charge in [0.05, 0.1) is 0 Å². The standard InChI is InChI=1S/C97H193N40O3P5/c138-97(139)140-145(98-141(126(102-49-1-2-50-102)103-51-3-4-52-103,127(104-53-5-6-54-104)105-55-7-8-56-105)128(106-57-9-10-58-106)107-59-11-12-60-107,99-142(129(108-61-13-14-62-108)109-63-15-16-64-109,130(110-65-17-18-66-110)111-67-19-20-68-111)131(112-69-21-22-70-112)113-71-23-24-72-113,100-143(132(114-73-25-26-74-114)115-75-27-28-76-115,133(116-77-29-30-78-116)117-79-31-32-80-117)134(118-81-33-34-82-118)119-83-35-36-84-119)101-144(135(120-85-37-38-86-120)121-87-39-40-88-121,136(122-89-41-42-90-122)123-91-43-44-92-123)137(124-93-45-46-94-124)125-95-47-48-96-125/h1-96H2,(H,138,139). The Kier molecular flexibility index (Phi) is 35.1. The Hall–Kier alpha value is -0.820. The Bertz CT molecular complexity index is 3230. The molecular formula is C97H193N40O3P5. The van der Waals surface area contributed by atoms with E-state index in [1.54, 1.807) is 0 Å². The van der Waals surface area contributed by atoms with Crippen LogP contribution in [0.25, 0.3) is 0 Å². The molecule has 24 aliphatic rings. The van der Waals surface area contributed by atoms with Crippen molar-refractivity contribution < 1.29 is 14.4 Å². The fourth-order valence-corrected chi connectivity index (χ4v) is 57.7. The van der Waals surface area contributed by atoms with Gasteiger partial charge in [-0.1, -0.05) is 0 Å². The first-order valence-corrected chi connectivity index (χ1v) is 69.2. The molecule has 24 aliphatic heterocycles. The molecule has 1 N–H and O–H groups in total. The topological polar surface area (TPSA) is 213 Å². The second-order valence-electron chi connectivity index (χ2n) is 46.8. The van der Waals surface area contributed by atoms with E-state index in [1.165, 1.54) is 0 Å². The predicted molar refractivity (Wildman–Crippen MR) is 575 cm³/mol. The van der Waals surface area contributed by atoms with Gasteiger partial charge < -0.3 is 0 Å². The van der Waals surface area contributed by atoms with E-state index in [2.05, 4.69) is 179 Å². The van der Waals surface area contributed by atoms with E-state index in [1.807, 2.05) is 0 Å². The van der Waals surface area contributed by atoms with Crippen LogP contribution in [0.3, 0.4) is 0 Å². The summed E-state index contributed by atoms with van der Waals surface area (Å²) in [6.07, 6.45) is 48.1. The maximum atomic E-state index is 19.6. The Morgan fingerprint density at radius 3 is 0.262 bits per heavy atom. The molecule has 0 atom stereocenters. The van der Waals surface area contributed by atoms with Crippen molar-refractivity contribution in [3.63, 3.8) is 0 Å². The third kappa shape index (κ3) is 20.9. The summed E-state index contributed by atoms with van der Waals surface area (Å²) in [5.41, 5.74) is 0. The zero-order valence-corrected chi connectivity index (χ0v) is 94.2. The molecule has 0 radical (unpaired) electrons. The summed E-state index contributed by atoms with van der Waals surface area (Å²) in [5.74, 6) is 0. The average molecular weight is 2120 g/mol. The van der Waals surface area contributed by atoms with Crippen molar-refractivity contribution in [2.45, 2.75) is 308 Å². The molecule has 0 aromatic carbocycles. The molecule has 0 unspecified atom stereocenters. The Morgan fingerprint density at radius 1 is 0.145 bits per heavy atom. The van der Waals surface area contributed by atoms with Crippen molar-refractivity contribution in [2.75, 3.05) is 314 Å². The Morgan fingerprint density at radius 2 is 0.207 bits per heavy atom. The molecule has 24 saturated heterocycles. The Balaban J connectivity index is 1.10. The number of hydrazine groups is 24. The summed E-state index contributed by atoms with van der Waals surface area (Å²) < 4.78 is 46.2. The SMILES string of the molecule is O=C(O)OP(N=P(N(N1CCCC1)N1CCCC1)(N(N1CCCC1)N1CCCC1)N(N1CCCC1)N1CCCC1)(N=P(N(N1CCCC1)N1CCCC1)(N(N1CCCC1)N1CCCC1)N(N1CCCC1)N1CCCC1)(N=P(N(N1CCCC1)N1CCCC1)(N(N1CCCC1)N1CCCC1)N(N1CCCC1)N1CCCC1)N=P(N(N1CCCC1)N1CCCC1)(N(N1CCCC1)N1CCCC1)N(N1CCCC1)N1CCCC1. The summed E-state index contributed by atoms with van der Waals surface area (Å²) in [4.78, 5) is 56.0. The molecule has 824 valence electrons. The van der Waals surface area contributed by atoms with Crippen LogP contribution in [0.15, 0.2) is 18.1 Å². The van der Waals surface area contributed by atoms with E-state index in [9.17, 15) is 4.52 Å². The minimum absolute atomic E-state index is 0.828. The van der Waals surface area contributed by atoms with E-state index in [-0.39, 0.29) is 0 Å². The normalized spacial score (nSPS) is 29.5. The summed E-state index contributed by atoms with van der Waals surface area (Å²) in [6.45, 7) is 39.7. The van der Waals surface area contributed by atoms with Crippen LogP contribution in [0.4, 0.5) is 4.79 Å². The zero-order chi connectivity index (χ0) is 97.2. The summed E-state index contributed by atoms with van der Waals surface area (Å²) >= 11 is 0. The summed E-state index contributed by atoms with van der Waals surface area (Å²) in [5, 5.41) is 86.1. The monoisotopic (exact) mass is 2120 g/mol. The van der Waals surface area contributed by atoms with Crippen molar-refractivity contribution in [2.24, 2.45) is 18.1 Å². The second kappa shape index (κ2) is 48.1. The number of hydrogen-bond donors (Lipinski definition) is 1. The third-order valence-corrected chi connectivity index (χ3v) is 57.4. The van der Waals surface area contributed by atoms with Crippen LogP contribution < -0.4 is 0 Å². The molecule has 0 saturated carbocycles. The van der Waals surface area contributed by atoms with Crippen LogP contribution in [0, 0.1) is 0 Å². The van der Waals surface area contributed by atoms with Gasteiger partial charge in [-0.05, 0) is 0 Å². The van der Waals surface area contributed by atoms with E-state index < -0.39 is 43.6 Å². The van der Waals surface area contributed by atoms with Gasteiger partial charge >= 0.3 is 877 Å². The number of hydrogen-bond acceptors (Lipinski definition) is 30. The fourth-order valence-electron chi connectivity index (χ4n) is 29.8. The van der Waals surface area contributed by atoms with E-state index in [4.69, 9.17) is 18.1 Å². The minimum atomic E-state index is -7.64. The van der Waals surface area contributed by atoms with Crippen molar-refractivity contribution in [1.29, 1.82) is 0 Å². The fraction of sp³-hybridized carbons (Fsp3) is 0.990. The molecule has 145 heavy (non-hydrogen) atoms. The molecule has 24 fully saturated rings. The number of nitrogens with zero attached hydrogens (tertiary/aromatic N) is 40. The number of carboxylic acid groups (broad SMARTS) is 1. The molecule has 0 spiro atoms. The van der Waals surface area contributed by atoms with Crippen molar-refractivity contribution >= 4 is 43.6 Å². The van der Waals surface area contributed by atoms with E-state index in [0.29, 0.717) is 0 Å².